The fourth-order valence-electron chi connectivity index (χ4n) is 1.70. The van der Waals surface area contributed by atoms with Crippen molar-refractivity contribution in [3.63, 3.8) is 0 Å². The molecular weight excluding hydrogens is 298 g/mol. The Morgan fingerprint density at radius 1 is 0.857 bits per heavy atom. The van der Waals surface area contributed by atoms with Crippen molar-refractivity contribution in [1.82, 2.24) is 0 Å². The van der Waals surface area contributed by atoms with E-state index in [1.165, 1.54) is 17.2 Å². The second kappa shape index (κ2) is 8.60. The molecule has 4 heteroatoms. The van der Waals surface area contributed by atoms with Gasteiger partial charge in [0.2, 0.25) is 5.91 Å². The van der Waals surface area contributed by atoms with Crippen LogP contribution in [0.1, 0.15) is 11.1 Å². The number of carbonyl (C=O) groups is 1. The Morgan fingerprint density at radius 3 is 1.67 bits per heavy atom. The van der Waals surface area contributed by atoms with E-state index in [1.54, 1.807) is 23.5 Å². The van der Waals surface area contributed by atoms with Crippen LogP contribution in [0.25, 0.3) is 0 Å². The van der Waals surface area contributed by atoms with Gasteiger partial charge in [0.25, 0.3) is 0 Å². The van der Waals surface area contributed by atoms with Crippen LogP contribution in [0.2, 0.25) is 0 Å². The zero-order chi connectivity index (χ0) is 14.9. The van der Waals surface area contributed by atoms with Crippen molar-refractivity contribution in [2.75, 3.05) is 0 Å². The van der Waals surface area contributed by atoms with E-state index in [9.17, 15) is 4.79 Å². The Morgan fingerprint density at radius 2 is 1.29 bits per heavy atom. The van der Waals surface area contributed by atoms with Crippen molar-refractivity contribution in [2.45, 2.75) is 11.5 Å². The molecule has 0 saturated carbocycles. The highest BCUT2D eigenvalue weighted by atomic mass is 32.2. The first kappa shape index (κ1) is 15.7. The molecule has 0 aliphatic heterocycles. The number of rotatable bonds is 7. The van der Waals surface area contributed by atoms with Crippen LogP contribution in [0.5, 0.6) is 0 Å². The molecule has 108 valence electrons. The van der Waals surface area contributed by atoms with Gasteiger partial charge in [-0.2, -0.15) is 0 Å². The number of amides is 1. The average molecular weight is 315 g/mol. The monoisotopic (exact) mass is 315 g/mol. The van der Waals surface area contributed by atoms with Crippen molar-refractivity contribution in [3.8, 4) is 0 Å². The molecule has 2 nitrogen and oxygen atoms in total. The van der Waals surface area contributed by atoms with Gasteiger partial charge in [-0.25, -0.2) is 0 Å². The number of thioether (sulfide) groups is 2. The van der Waals surface area contributed by atoms with Crippen LogP contribution >= 0.6 is 23.5 Å². The number of hydrogen-bond donors (Lipinski definition) is 1. The molecule has 2 aromatic rings. The Balaban J connectivity index is 1.94. The molecule has 0 saturated heterocycles. The molecule has 0 aliphatic rings. The lowest BCUT2D eigenvalue weighted by Gasteiger charge is -2.07. The Kier molecular flexibility index (Phi) is 6.44. The van der Waals surface area contributed by atoms with Crippen molar-refractivity contribution in [1.29, 1.82) is 0 Å². The van der Waals surface area contributed by atoms with Crippen molar-refractivity contribution in [2.24, 2.45) is 5.73 Å². The van der Waals surface area contributed by atoms with Gasteiger partial charge in [-0.3, -0.25) is 4.79 Å². The predicted molar refractivity (Wildman–Crippen MR) is 92.8 cm³/mol. The van der Waals surface area contributed by atoms with E-state index in [4.69, 9.17) is 5.73 Å². The summed E-state index contributed by atoms with van der Waals surface area (Å²) in [7, 11) is 0. The summed E-state index contributed by atoms with van der Waals surface area (Å²) in [5, 5.41) is 0. The zero-order valence-corrected chi connectivity index (χ0v) is 13.2. The van der Waals surface area contributed by atoms with Crippen LogP contribution in [0, 0.1) is 0 Å². The highest BCUT2D eigenvalue weighted by Gasteiger charge is 2.04. The Labute approximate surface area is 133 Å². The first-order chi connectivity index (χ1) is 10.2. The second-order valence-corrected chi connectivity index (χ2v) is 6.71. The minimum absolute atomic E-state index is 0.397. The SMILES string of the molecule is NC(=O)C=C(SCc1ccccc1)SCc1ccccc1. The fraction of sp³-hybridized carbons (Fsp3) is 0.118. The standard InChI is InChI=1S/C17H17NOS2/c18-16(19)11-17(20-12-14-7-3-1-4-8-14)21-13-15-9-5-2-6-10-15/h1-11H,12-13H2,(H2,18,19). The van der Waals surface area contributed by atoms with Crippen LogP contribution in [0.4, 0.5) is 0 Å². The van der Waals surface area contributed by atoms with E-state index in [1.807, 2.05) is 36.4 Å². The van der Waals surface area contributed by atoms with Crippen LogP contribution in [-0.4, -0.2) is 5.91 Å². The molecule has 2 rings (SSSR count). The zero-order valence-electron chi connectivity index (χ0n) is 11.6. The van der Waals surface area contributed by atoms with Crippen LogP contribution < -0.4 is 5.73 Å². The van der Waals surface area contributed by atoms with Crippen molar-refractivity contribution >= 4 is 29.4 Å². The molecule has 0 radical (unpaired) electrons. The quantitative estimate of drug-likeness (QED) is 0.779. The van der Waals surface area contributed by atoms with Gasteiger partial charge in [0, 0.05) is 21.8 Å². The van der Waals surface area contributed by atoms with Gasteiger partial charge in [0.1, 0.15) is 0 Å². The minimum Gasteiger partial charge on any atom is -0.366 e. The van der Waals surface area contributed by atoms with E-state index in [0.29, 0.717) is 0 Å². The summed E-state index contributed by atoms with van der Waals surface area (Å²) in [4.78, 5) is 11.2. The highest BCUT2D eigenvalue weighted by molar-refractivity contribution is 8.21. The first-order valence-corrected chi connectivity index (χ1v) is 8.56. The van der Waals surface area contributed by atoms with Gasteiger partial charge in [-0.05, 0) is 11.1 Å². The molecule has 1 amide bonds. The topological polar surface area (TPSA) is 43.1 Å². The third-order valence-corrected chi connectivity index (χ3v) is 5.18. The third-order valence-electron chi connectivity index (χ3n) is 2.71. The maximum absolute atomic E-state index is 11.2. The van der Waals surface area contributed by atoms with Gasteiger partial charge in [-0.15, -0.1) is 23.5 Å². The normalized spacial score (nSPS) is 10.1. The molecular formula is C17H17NOS2. The molecule has 0 aromatic heterocycles. The van der Waals surface area contributed by atoms with Gasteiger partial charge in [0.05, 0.1) is 0 Å². The number of benzene rings is 2. The Hall–Kier alpha value is -1.65. The molecule has 21 heavy (non-hydrogen) atoms. The van der Waals surface area contributed by atoms with Gasteiger partial charge >= 0.3 is 0 Å². The molecule has 2 aromatic carbocycles. The van der Waals surface area contributed by atoms with E-state index >= 15 is 0 Å². The summed E-state index contributed by atoms with van der Waals surface area (Å²) in [6, 6.07) is 20.4. The van der Waals surface area contributed by atoms with Gasteiger partial charge in [-0.1, -0.05) is 60.7 Å². The number of nitrogens with two attached hydrogens (primary N) is 1. The van der Waals surface area contributed by atoms with Gasteiger partial charge in [0.15, 0.2) is 0 Å². The van der Waals surface area contributed by atoms with Crippen molar-refractivity contribution < 1.29 is 4.79 Å². The first-order valence-electron chi connectivity index (χ1n) is 6.58. The summed E-state index contributed by atoms with van der Waals surface area (Å²) >= 11 is 3.29. The molecule has 0 fully saturated rings. The summed E-state index contributed by atoms with van der Waals surface area (Å²) in [5.74, 6) is 1.27. The summed E-state index contributed by atoms with van der Waals surface area (Å²) in [5.41, 5.74) is 7.76. The van der Waals surface area contributed by atoms with E-state index in [2.05, 4.69) is 24.3 Å². The summed E-state index contributed by atoms with van der Waals surface area (Å²) in [6.07, 6.45) is 1.52. The smallest absolute Gasteiger partial charge is 0.243 e. The minimum atomic E-state index is -0.397. The molecule has 0 atom stereocenters. The van der Waals surface area contributed by atoms with E-state index < -0.39 is 5.91 Å². The summed E-state index contributed by atoms with van der Waals surface area (Å²) < 4.78 is 0.954. The molecule has 0 unspecified atom stereocenters. The van der Waals surface area contributed by atoms with Crippen LogP contribution in [-0.2, 0) is 16.3 Å². The van der Waals surface area contributed by atoms with E-state index in [-0.39, 0.29) is 0 Å². The third kappa shape index (κ3) is 6.10. The van der Waals surface area contributed by atoms with Crippen LogP contribution in [0.3, 0.4) is 0 Å². The van der Waals surface area contributed by atoms with Crippen LogP contribution in [0.15, 0.2) is 71.0 Å². The number of primary amides is 1. The lowest BCUT2D eigenvalue weighted by atomic mass is 10.2. The van der Waals surface area contributed by atoms with Gasteiger partial charge < -0.3 is 5.73 Å². The van der Waals surface area contributed by atoms with E-state index in [0.717, 1.165) is 15.7 Å². The maximum atomic E-state index is 11.2. The fourth-order valence-corrected chi connectivity index (χ4v) is 3.79. The largest absolute Gasteiger partial charge is 0.366 e. The summed E-state index contributed by atoms with van der Waals surface area (Å²) in [6.45, 7) is 0. The average Bonchev–Trinajstić information content (AvgIpc) is 2.51. The lowest BCUT2D eigenvalue weighted by Crippen LogP contribution is -2.06. The lowest BCUT2D eigenvalue weighted by molar-refractivity contribution is -0.113. The predicted octanol–water partition coefficient (Wildman–Crippen LogP) is 4.18. The molecule has 0 bridgehead atoms. The van der Waals surface area contributed by atoms with Crippen molar-refractivity contribution in [3.05, 3.63) is 82.1 Å². The number of hydrogen-bond acceptors (Lipinski definition) is 3. The Bertz CT molecular complexity index is 551. The second-order valence-electron chi connectivity index (χ2n) is 4.41. The molecule has 2 N–H and O–H groups in total. The number of carbonyl (C=O) groups excluding carboxylic acids is 1. The highest BCUT2D eigenvalue weighted by Crippen LogP contribution is 2.33. The molecule has 0 heterocycles. The molecule has 0 spiro atoms. The molecule has 0 aliphatic carbocycles. The maximum Gasteiger partial charge on any atom is 0.243 e.